The molecular weight excluding hydrogens is 583 g/mol. The Morgan fingerprint density at radius 2 is 1.38 bits per heavy atom. The van der Waals surface area contributed by atoms with Crippen LogP contribution < -0.4 is 9.80 Å². The van der Waals surface area contributed by atoms with E-state index >= 15 is 0 Å². The van der Waals surface area contributed by atoms with Gasteiger partial charge in [0.25, 0.3) is 0 Å². The highest BCUT2D eigenvalue weighted by Crippen LogP contribution is 2.50. The molecule has 1 atom stereocenters. The van der Waals surface area contributed by atoms with Crippen molar-refractivity contribution in [1.29, 1.82) is 0 Å². The summed E-state index contributed by atoms with van der Waals surface area (Å²) in [6.45, 7) is 4.55. The summed E-state index contributed by atoms with van der Waals surface area (Å²) in [5.74, 6) is 0.906. The van der Waals surface area contributed by atoms with Crippen LogP contribution in [-0.4, -0.2) is 11.0 Å². The van der Waals surface area contributed by atoms with Crippen LogP contribution in [0.3, 0.4) is 0 Å². The molecule has 0 spiro atoms. The van der Waals surface area contributed by atoms with Crippen molar-refractivity contribution in [3.05, 3.63) is 180 Å². The van der Waals surface area contributed by atoms with Gasteiger partial charge in [0.2, 0.25) is 0 Å². The lowest BCUT2D eigenvalue weighted by Crippen LogP contribution is -2.33. The Morgan fingerprint density at radius 1 is 0.646 bits per heavy atom. The van der Waals surface area contributed by atoms with Crippen molar-refractivity contribution in [1.82, 2.24) is 4.98 Å². The second kappa shape index (κ2) is 11.4. The van der Waals surface area contributed by atoms with Crippen molar-refractivity contribution in [3.63, 3.8) is 0 Å². The summed E-state index contributed by atoms with van der Waals surface area (Å²) in [6.07, 6.45) is 7.73. The van der Waals surface area contributed by atoms with Crippen LogP contribution >= 0.6 is 0 Å². The van der Waals surface area contributed by atoms with Crippen LogP contribution in [0, 0.1) is 6.92 Å². The van der Waals surface area contributed by atoms with E-state index in [-0.39, 0.29) is 6.04 Å². The molecular formula is C45H35N3. The van der Waals surface area contributed by atoms with Gasteiger partial charge >= 0.3 is 0 Å². The second-order valence-electron chi connectivity index (χ2n) is 12.9. The summed E-state index contributed by atoms with van der Waals surface area (Å²) in [5, 5.41) is 5.11. The standard InChI is InChI=1S/C45H35N3/c1-30-27-41(47(34-15-5-3-6-16-34)36-21-20-32-13-9-10-14-33(32)29-36)39-24-22-38-31(2)28-42(40-25-23-37(30)44(39)45(38)40)48(35-17-7-4-8-18-35)43-19-11-12-26-46-43/h3-21,23-29,41H,22H2,1-2H3. The molecule has 0 bridgehead atoms. The van der Waals surface area contributed by atoms with Crippen molar-refractivity contribution in [2.45, 2.75) is 26.3 Å². The Balaban J connectivity index is 1.28. The normalized spacial score (nSPS) is 14.8. The predicted octanol–water partition coefficient (Wildman–Crippen LogP) is 11.7. The van der Waals surface area contributed by atoms with Crippen molar-refractivity contribution >= 4 is 61.3 Å². The first-order valence-electron chi connectivity index (χ1n) is 16.7. The molecule has 1 heterocycles. The van der Waals surface area contributed by atoms with Gasteiger partial charge in [0, 0.05) is 28.6 Å². The molecule has 0 saturated heterocycles. The summed E-state index contributed by atoms with van der Waals surface area (Å²) in [7, 11) is 0. The SMILES string of the molecule is CC1=CC(N(c2ccccc2)c2ccc3ccccc3c2)C2=CCc3c(C)cc(N(c4ccccc4)c4ccccn4)c4ccc1c2c34. The zero-order valence-corrected chi connectivity index (χ0v) is 27.1. The zero-order valence-electron chi connectivity index (χ0n) is 27.1. The minimum absolute atomic E-state index is 0.0322. The Morgan fingerprint density at radius 3 is 2.15 bits per heavy atom. The molecule has 7 aromatic rings. The van der Waals surface area contributed by atoms with E-state index in [2.05, 4.69) is 169 Å². The molecule has 230 valence electrons. The number of aryl methyl sites for hydroxylation is 1. The molecule has 9 rings (SSSR count). The summed E-state index contributed by atoms with van der Waals surface area (Å²) in [6, 6.07) is 50.2. The zero-order chi connectivity index (χ0) is 32.2. The number of aromatic nitrogens is 1. The van der Waals surface area contributed by atoms with E-state index in [1.807, 2.05) is 12.3 Å². The largest absolute Gasteiger partial charge is 0.330 e. The fourth-order valence-corrected chi connectivity index (χ4v) is 7.83. The minimum Gasteiger partial charge on any atom is -0.330 e. The van der Waals surface area contributed by atoms with Gasteiger partial charge in [0.05, 0.1) is 11.7 Å². The van der Waals surface area contributed by atoms with Crippen LogP contribution in [0.4, 0.5) is 28.6 Å². The molecule has 2 aliphatic carbocycles. The predicted molar refractivity (Wildman–Crippen MR) is 203 cm³/mol. The van der Waals surface area contributed by atoms with Gasteiger partial charge in [0.15, 0.2) is 0 Å². The molecule has 0 radical (unpaired) electrons. The van der Waals surface area contributed by atoms with Crippen LogP contribution in [-0.2, 0) is 6.42 Å². The number of pyridine rings is 1. The third-order valence-electron chi connectivity index (χ3n) is 10.0. The molecule has 2 aliphatic rings. The number of allylic oxidation sites excluding steroid dienone is 2. The number of hydrogen-bond acceptors (Lipinski definition) is 3. The maximum Gasteiger partial charge on any atom is 0.137 e. The quantitative estimate of drug-likeness (QED) is 0.185. The lowest BCUT2D eigenvalue weighted by molar-refractivity contribution is 0.945. The first-order valence-corrected chi connectivity index (χ1v) is 16.7. The molecule has 0 aliphatic heterocycles. The van der Waals surface area contributed by atoms with Gasteiger partial charge in [-0.25, -0.2) is 4.98 Å². The lowest BCUT2D eigenvalue weighted by Gasteiger charge is -2.40. The van der Waals surface area contributed by atoms with E-state index in [0.29, 0.717) is 0 Å². The van der Waals surface area contributed by atoms with Crippen LogP contribution in [0.5, 0.6) is 0 Å². The van der Waals surface area contributed by atoms with Gasteiger partial charge in [-0.1, -0.05) is 97.1 Å². The molecule has 3 heteroatoms. The van der Waals surface area contributed by atoms with Gasteiger partial charge < -0.3 is 4.90 Å². The van der Waals surface area contributed by atoms with Gasteiger partial charge in [-0.2, -0.15) is 0 Å². The van der Waals surface area contributed by atoms with Crippen molar-refractivity contribution in [2.24, 2.45) is 0 Å². The van der Waals surface area contributed by atoms with Crippen LogP contribution in [0.15, 0.2) is 158 Å². The highest BCUT2D eigenvalue weighted by atomic mass is 15.2. The topological polar surface area (TPSA) is 19.4 Å². The highest BCUT2D eigenvalue weighted by Gasteiger charge is 2.34. The molecule has 1 aromatic heterocycles. The van der Waals surface area contributed by atoms with Gasteiger partial charge in [-0.15, -0.1) is 0 Å². The highest BCUT2D eigenvalue weighted by molar-refractivity contribution is 6.12. The fourth-order valence-electron chi connectivity index (χ4n) is 7.83. The monoisotopic (exact) mass is 617 g/mol. The number of anilines is 5. The number of benzene rings is 6. The second-order valence-corrected chi connectivity index (χ2v) is 12.9. The third-order valence-corrected chi connectivity index (χ3v) is 10.0. The summed E-state index contributed by atoms with van der Waals surface area (Å²) in [4.78, 5) is 9.68. The number of fused-ring (bicyclic) bond motifs is 1. The maximum atomic E-state index is 4.84. The third kappa shape index (κ3) is 4.54. The van der Waals surface area contributed by atoms with Crippen LogP contribution in [0.2, 0.25) is 0 Å². The summed E-state index contributed by atoms with van der Waals surface area (Å²) < 4.78 is 0. The van der Waals surface area contributed by atoms with Gasteiger partial charge in [-0.3, -0.25) is 4.90 Å². The minimum atomic E-state index is 0.0322. The van der Waals surface area contributed by atoms with E-state index in [1.165, 1.54) is 66.3 Å². The number of hydrogen-bond donors (Lipinski definition) is 0. The molecule has 0 fully saturated rings. The van der Waals surface area contributed by atoms with E-state index in [4.69, 9.17) is 4.98 Å². The van der Waals surface area contributed by atoms with Crippen molar-refractivity contribution in [3.8, 4) is 0 Å². The van der Waals surface area contributed by atoms with Crippen molar-refractivity contribution < 1.29 is 0 Å². The molecule has 6 aromatic carbocycles. The fraction of sp³-hybridized carbons (Fsp3) is 0.0889. The van der Waals surface area contributed by atoms with Gasteiger partial charge in [-0.05, 0) is 124 Å². The molecule has 0 amide bonds. The molecule has 1 unspecified atom stereocenters. The average Bonchev–Trinajstić information content (AvgIpc) is 3.14. The Hall–Kier alpha value is -5.93. The lowest BCUT2D eigenvalue weighted by atomic mass is 9.75. The Kier molecular flexibility index (Phi) is 6.72. The number of nitrogens with zero attached hydrogens (tertiary/aromatic N) is 3. The van der Waals surface area contributed by atoms with E-state index < -0.39 is 0 Å². The van der Waals surface area contributed by atoms with E-state index in [1.54, 1.807) is 0 Å². The van der Waals surface area contributed by atoms with E-state index in [0.717, 1.165) is 23.6 Å². The molecule has 3 nitrogen and oxygen atoms in total. The molecule has 0 saturated carbocycles. The molecule has 0 N–H and O–H groups in total. The van der Waals surface area contributed by atoms with Crippen LogP contribution in [0.1, 0.15) is 29.2 Å². The molecule has 48 heavy (non-hydrogen) atoms. The summed E-state index contributed by atoms with van der Waals surface area (Å²) in [5.41, 5.74) is 12.7. The van der Waals surface area contributed by atoms with Gasteiger partial charge in [0.1, 0.15) is 5.82 Å². The van der Waals surface area contributed by atoms with E-state index in [9.17, 15) is 0 Å². The maximum absolute atomic E-state index is 4.84. The van der Waals surface area contributed by atoms with Crippen molar-refractivity contribution in [2.75, 3.05) is 9.80 Å². The Bertz CT molecular complexity index is 2350. The van der Waals surface area contributed by atoms with Crippen LogP contribution in [0.25, 0.3) is 32.7 Å². The first kappa shape index (κ1) is 28.3. The smallest absolute Gasteiger partial charge is 0.137 e. The number of para-hydroxylation sites is 2. The Labute approximate surface area is 281 Å². The first-order chi connectivity index (χ1) is 23.7. The summed E-state index contributed by atoms with van der Waals surface area (Å²) >= 11 is 0. The number of rotatable bonds is 6. The average molecular weight is 618 g/mol.